The van der Waals surface area contributed by atoms with Crippen LogP contribution in [0.5, 0.6) is 5.75 Å². The number of benzene rings is 3. The molecule has 0 aliphatic rings. The predicted molar refractivity (Wildman–Crippen MR) is 133 cm³/mol. The maximum Gasteiger partial charge on any atom is 0.303 e. The number of aromatic nitrogens is 1. The molecule has 0 aliphatic carbocycles. The van der Waals surface area contributed by atoms with Gasteiger partial charge in [0.1, 0.15) is 24.0 Å². The van der Waals surface area contributed by atoms with Crippen LogP contribution < -0.4 is 4.74 Å². The molecule has 172 valence electrons. The number of carboxylic acid groups (broad SMARTS) is 1. The zero-order valence-electron chi connectivity index (χ0n) is 18.5. The highest BCUT2D eigenvalue weighted by Gasteiger charge is 2.08. The highest BCUT2D eigenvalue weighted by atomic mass is 32.1. The van der Waals surface area contributed by atoms with Crippen LogP contribution in [0.25, 0.3) is 10.6 Å². The van der Waals surface area contributed by atoms with Crippen LogP contribution in [0.3, 0.4) is 0 Å². The minimum atomic E-state index is -0.867. The van der Waals surface area contributed by atoms with E-state index in [9.17, 15) is 4.79 Å². The molecule has 4 aromatic rings. The number of carboxylic acids is 1. The van der Waals surface area contributed by atoms with Gasteiger partial charge in [-0.2, -0.15) is 0 Å². The molecule has 1 heterocycles. The van der Waals surface area contributed by atoms with Gasteiger partial charge in [-0.1, -0.05) is 78.0 Å². The molecule has 0 spiro atoms. The second kappa shape index (κ2) is 11.8. The van der Waals surface area contributed by atoms with E-state index in [2.05, 4.69) is 10.1 Å². The molecule has 0 aliphatic heterocycles. The molecule has 34 heavy (non-hydrogen) atoms. The molecule has 0 bridgehead atoms. The van der Waals surface area contributed by atoms with Crippen molar-refractivity contribution in [2.75, 3.05) is 0 Å². The van der Waals surface area contributed by atoms with Crippen molar-refractivity contribution < 1.29 is 19.5 Å². The van der Waals surface area contributed by atoms with Gasteiger partial charge in [-0.25, -0.2) is 4.98 Å². The van der Waals surface area contributed by atoms with Crippen LogP contribution in [0.4, 0.5) is 0 Å². The smallest absolute Gasteiger partial charge is 0.303 e. The third kappa shape index (κ3) is 6.76. The normalized spacial score (nSPS) is 11.2. The van der Waals surface area contributed by atoms with E-state index in [0.29, 0.717) is 18.7 Å². The lowest BCUT2D eigenvalue weighted by Gasteiger charge is -2.07. The van der Waals surface area contributed by atoms with E-state index in [1.807, 2.05) is 90.3 Å². The molecule has 0 amide bonds. The van der Waals surface area contributed by atoms with Crippen LogP contribution in [0, 0.1) is 0 Å². The van der Waals surface area contributed by atoms with Crippen LogP contribution in [-0.4, -0.2) is 21.8 Å². The first-order valence-corrected chi connectivity index (χ1v) is 11.7. The summed E-state index contributed by atoms with van der Waals surface area (Å²) in [6.45, 7) is 0.670. The summed E-state index contributed by atoms with van der Waals surface area (Å²) in [4.78, 5) is 21.1. The number of hydrogen-bond donors (Lipinski definition) is 1. The molecule has 4 rings (SSSR count). The van der Waals surface area contributed by atoms with E-state index in [4.69, 9.17) is 14.7 Å². The van der Waals surface area contributed by atoms with Gasteiger partial charge in [-0.05, 0) is 23.3 Å². The summed E-state index contributed by atoms with van der Waals surface area (Å²) < 4.78 is 5.87. The summed E-state index contributed by atoms with van der Waals surface area (Å²) in [5, 5.41) is 16.2. The SMILES string of the molecule is O=C(O)CC/C(=N/OCc1ccc(OCc2csc(-c3ccccc3)n2)cc1)c1ccccc1. The van der Waals surface area contributed by atoms with Gasteiger partial charge >= 0.3 is 5.97 Å². The van der Waals surface area contributed by atoms with Crippen molar-refractivity contribution in [3.8, 4) is 16.3 Å². The Morgan fingerprint density at radius 3 is 2.29 bits per heavy atom. The van der Waals surface area contributed by atoms with E-state index in [1.165, 1.54) is 0 Å². The van der Waals surface area contributed by atoms with Crippen LogP contribution in [0.1, 0.15) is 29.7 Å². The summed E-state index contributed by atoms with van der Waals surface area (Å²) in [5.41, 5.74) is 4.39. The number of oxime groups is 1. The predicted octanol–water partition coefficient (Wildman–Crippen LogP) is 6.17. The molecule has 6 nitrogen and oxygen atoms in total. The molecule has 0 saturated carbocycles. The lowest BCUT2D eigenvalue weighted by molar-refractivity contribution is -0.136. The summed E-state index contributed by atoms with van der Waals surface area (Å²) in [6, 6.07) is 27.1. The zero-order chi connectivity index (χ0) is 23.6. The number of nitrogens with zero attached hydrogens (tertiary/aromatic N) is 2. The van der Waals surface area contributed by atoms with Crippen molar-refractivity contribution in [3.63, 3.8) is 0 Å². The molecule has 1 aromatic heterocycles. The zero-order valence-corrected chi connectivity index (χ0v) is 19.3. The highest BCUT2D eigenvalue weighted by molar-refractivity contribution is 7.13. The Balaban J connectivity index is 1.30. The Hall–Kier alpha value is -3.97. The van der Waals surface area contributed by atoms with E-state index < -0.39 is 5.97 Å². The number of rotatable bonds is 11. The molecule has 0 saturated heterocycles. The topological polar surface area (TPSA) is 81.0 Å². The van der Waals surface area contributed by atoms with Gasteiger partial charge in [0, 0.05) is 17.4 Å². The van der Waals surface area contributed by atoms with E-state index in [-0.39, 0.29) is 13.0 Å². The highest BCUT2D eigenvalue weighted by Crippen LogP contribution is 2.24. The Morgan fingerprint density at radius 2 is 1.59 bits per heavy atom. The quantitative estimate of drug-likeness (QED) is 0.208. The Bertz CT molecular complexity index is 1220. The maximum absolute atomic E-state index is 11.0. The van der Waals surface area contributed by atoms with Crippen molar-refractivity contribution in [2.45, 2.75) is 26.1 Å². The van der Waals surface area contributed by atoms with Gasteiger partial charge in [0.2, 0.25) is 0 Å². The third-order valence-corrected chi connectivity index (χ3v) is 5.91. The first-order valence-electron chi connectivity index (χ1n) is 10.8. The average molecular weight is 473 g/mol. The van der Waals surface area contributed by atoms with Crippen LogP contribution in [0.15, 0.2) is 95.5 Å². The summed E-state index contributed by atoms with van der Waals surface area (Å²) in [7, 11) is 0. The second-order valence-electron chi connectivity index (χ2n) is 7.51. The lowest BCUT2D eigenvalue weighted by Crippen LogP contribution is -2.06. The van der Waals surface area contributed by atoms with Crippen LogP contribution in [0.2, 0.25) is 0 Å². The first kappa shape index (κ1) is 23.2. The largest absolute Gasteiger partial charge is 0.487 e. The van der Waals surface area contributed by atoms with Crippen molar-refractivity contribution in [1.82, 2.24) is 4.98 Å². The first-order chi connectivity index (χ1) is 16.7. The molecule has 3 aromatic carbocycles. The van der Waals surface area contributed by atoms with Crippen molar-refractivity contribution in [2.24, 2.45) is 5.16 Å². The average Bonchev–Trinajstić information content (AvgIpc) is 3.36. The van der Waals surface area contributed by atoms with E-state index >= 15 is 0 Å². The van der Waals surface area contributed by atoms with Gasteiger partial charge in [-0.3, -0.25) is 4.79 Å². The third-order valence-electron chi connectivity index (χ3n) is 4.97. The Morgan fingerprint density at radius 1 is 0.882 bits per heavy atom. The van der Waals surface area contributed by atoms with Gasteiger partial charge in [-0.15, -0.1) is 11.3 Å². The van der Waals surface area contributed by atoms with Gasteiger partial charge in [0.05, 0.1) is 17.8 Å². The number of carbonyl (C=O) groups is 1. The second-order valence-corrected chi connectivity index (χ2v) is 8.37. The van der Waals surface area contributed by atoms with Crippen molar-refractivity contribution in [3.05, 3.63) is 107 Å². The Labute approximate surface area is 202 Å². The molecule has 0 radical (unpaired) electrons. The molecule has 0 atom stereocenters. The molecular weight excluding hydrogens is 448 g/mol. The van der Waals surface area contributed by atoms with E-state index in [0.717, 1.165) is 33.1 Å². The lowest BCUT2D eigenvalue weighted by atomic mass is 10.1. The molecule has 0 fully saturated rings. The number of aliphatic carboxylic acids is 1. The molecule has 1 N–H and O–H groups in total. The Kier molecular flexibility index (Phi) is 8.03. The summed E-state index contributed by atoms with van der Waals surface area (Å²) in [6.07, 6.45) is 0.295. The fourth-order valence-corrected chi connectivity index (χ4v) is 4.02. The van der Waals surface area contributed by atoms with E-state index in [1.54, 1.807) is 11.3 Å². The van der Waals surface area contributed by atoms with Gasteiger partial charge in [0.15, 0.2) is 0 Å². The van der Waals surface area contributed by atoms with Crippen LogP contribution >= 0.6 is 11.3 Å². The summed E-state index contributed by atoms with van der Waals surface area (Å²) in [5.74, 6) is -0.124. The van der Waals surface area contributed by atoms with Crippen molar-refractivity contribution in [1.29, 1.82) is 0 Å². The number of ether oxygens (including phenoxy) is 1. The van der Waals surface area contributed by atoms with Crippen LogP contribution in [-0.2, 0) is 22.8 Å². The maximum atomic E-state index is 11.0. The number of hydrogen-bond acceptors (Lipinski definition) is 6. The fourth-order valence-electron chi connectivity index (χ4n) is 3.21. The molecular formula is C27H24N2O4S. The summed E-state index contributed by atoms with van der Waals surface area (Å²) >= 11 is 1.60. The molecule has 0 unspecified atom stereocenters. The van der Waals surface area contributed by atoms with Gasteiger partial charge < -0.3 is 14.7 Å². The standard InChI is InChI=1S/C27H24N2O4S/c30-26(31)16-15-25(21-7-3-1-4-8-21)29-33-17-20-11-13-24(14-12-20)32-18-23-19-34-27(28-23)22-9-5-2-6-10-22/h1-14,19H,15-18H2,(H,30,31)/b29-25-. The fraction of sp³-hybridized carbons (Fsp3) is 0.148. The minimum absolute atomic E-state index is 0.00501. The van der Waals surface area contributed by atoms with Gasteiger partial charge in [0.25, 0.3) is 0 Å². The van der Waals surface area contributed by atoms with Crippen molar-refractivity contribution >= 4 is 23.0 Å². The molecule has 7 heteroatoms. The minimum Gasteiger partial charge on any atom is -0.487 e. The number of thiazole rings is 1. The monoisotopic (exact) mass is 472 g/mol.